The molecular weight excluding hydrogens is 448 g/mol. The molecule has 1 N–H and O–H groups in total. The Bertz CT molecular complexity index is 1680. The second-order valence-corrected chi connectivity index (χ2v) is 8.68. The van der Waals surface area contributed by atoms with Crippen LogP contribution in [0.3, 0.4) is 0 Å². The van der Waals surface area contributed by atoms with E-state index in [1.54, 1.807) is 0 Å². The van der Waals surface area contributed by atoms with Gasteiger partial charge in [0.25, 0.3) is 0 Å². The van der Waals surface area contributed by atoms with Crippen LogP contribution in [0.5, 0.6) is 0 Å². The van der Waals surface area contributed by atoms with Crippen molar-refractivity contribution in [2.45, 2.75) is 11.7 Å². The van der Waals surface area contributed by atoms with Crippen molar-refractivity contribution in [3.63, 3.8) is 0 Å². The highest BCUT2D eigenvalue weighted by molar-refractivity contribution is 7.99. The van der Waals surface area contributed by atoms with Gasteiger partial charge in [0.2, 0.25) is 0 Å². The largest absolute Gasteiger partial charge is 0.481 e. The molecule has 0 fully saturated rings. The van der Waals surface area contributed by atoms with E-state index < -0.39 is 5.97 Å². The first-order valence-electron chi connectivity index (χ1n) is 10.7. The van der Waals surface area contributed by atoms with Crippen molar-refractivity contribution in [2.75, 3.05) is 5.75 Å². The van der Waals surface area contributed by atoms with Crippen LogP contribution in [0.15, 0.2) is 84.0 Å². The maximum Gasteiger partial charge on any atom is 0.313 e. The Morgan fingerprint density at radius 2 is 1.56 bits per heavy atom. The molecule has 0 bridgehead atoms. The van der Waals surface area contributed by atoms with Crippen molar-refractivity contribution in [1.82, 2.24) is 29.3 Å². The number of para-hydroxylation sites is 4. The van der Waals surface area contributed by atoms with Gasteiger partial charge < -0.3 is 9.67 Å². The Morgan fingerprint density at radius 1 is 0.853 bits per heavy atom. The first kappa shape index (κ1) is 20.4. The lowest BCUT2D eigenvalue weighted by Crippen LogP contribution is -2.09. The van der Waals surface area contributed by atoms with Crippen molar-refractivity contribution in [1.29, 1.82) is 0 Å². The monoisotopic (exact) mass is 466 g/mol. The standard InChI is InChI=1S/C25H18N6O2S/c32-22(33)15-34-25-29-28-21(31(25)16-8-2-1-3-9-16)14-30-20-13-7-4-10-17(20)23-24(30)27-19-12-6-5-11-18(19)26-23/h1-13H,14-15H2,(H,32,33). The molecule has 0 unspecified atom stereocenters. The molecule has 3 aromatic carbocycles. The summed E-state index contributed by atoms with van der Waals surface area (Å²) in [6.45, 7) is 0.395. The number of aromatic nitrogens is 6. The van der Waals surface area contributed by atoms with Crippen LogP contribution in [-0.2, 0) is 11.3 Å². The Hall–Kier alpha value is -4.24. The number of benzene rings is 3. The maximum atomic E-state index is 11.2. The topological polar surface area (TPSA) is 98.7 Å². The fraction of sp³-hybridized carbons (Fsp3) is 0.0800. The van der Waals surface area contributed by atoms with Crippen LogP contribution in [0.1, 0.15) is 5.82 Å². The van der Waals surface area contributed by atoms with Gasteiger partial charge in [0.1, 0.15) is 5.52 Å². The smallest absolute Gasteiger partial charge is 0.313 e. The molecule has 0 atom stereocenters. The van der Waals surface area contributed by atoms with E-state index in [0.29, 0.717) is 17.5 Å². The molecule has 3 aromatic heterocycles. The van der Waals surface area contributed by atoms with E-state index in [1.165, 1.54) is 0 Å². The summed E-state index contributed by atoms with van der Waals surface area (Å²) >= 11 is 1.15. The minimum Gasteiger partial charge on any atom is -0.481 e. The minimum absolute atomic E-state index is 0.0994. The average Bonchev–Trinajstić information content (AvgIpc) is 3.41. The number of carbonyl (C=O) groups is 1. The number of thioether (sulfide) groups is 1. The van der Waals surface area contributed by atoms with Crippen molar-refractivity contribution in [3.05, 3.63) is 84.7 Å². The third kappa shape index (κ3) is 3.46. The Labute approximate surface area is 197 Å². The summed E-state index contributed by atoms with van der Waals surface area (Å²) in [5.41, 5.74) is 5.13. The highest BCUT2D eigenvalue weighted by atomic mass is 32.2. The van der Waals surface area contributed by atoms with Gasteiger partial charge in [0.15, 0.2) is 16.6 Å². The van der Waals surface area contributed by atoms with Gasteiger partial charge in [-0.1, -0.05) is 60.3 Å². The number of nitrogens with zero attached hydrogens (tertiary/aromatic N) is 6. The number of hydrogen-bond acceptors (Lipinski definition) is 6. The van der Waals surface area contributed by atoms with Crippen LogP contribution in [-0.4, -0.2) is 46.1 Å². The molecule has 3 heterocycles. The predicted octanol–water partition coefficient (Wildman–Crippen LogP) is 4.54. The number of aliphatic carboxylic acids is 1. The van der Waals surface area contributed by atoms with Gasteiger partial charge in [-0.15, -0.1) is 10.2 Å². The quantitative estimate of drug-likeness (QED) is 0.360. The molecule has 0 amide bonds. The average molecular weight is 467 g/mol. The van der Waals surface area contributed by atoms with Crippen LogP contribution >= 0.6 is 11.8 Å². The van der Waals surface area contributed by atoms with Crippen molar-refractivity contribution in [2.24, 2.45) is 0 Å². The van der Waals surface area contributed by atoms with Gasteiger partial charge in [-0.2, -0.15) is 0 Å². The summed E-state index contributed by atoms with van der Waals surface area (Å²) in [7, 11) is 0. The number of carboxylic acids is 1. The SMILES string of the molecule is O=C(O)CSc1nnc(Cn2c3ccccc3c3nc4ccccc4nc32)n1-c1ccccc1. The molecular formula is C25H18N6O2S. The second kappa shape index (κ2) is 8.27. The summed E-state index contributed by atoms with van der Waals surface area (Å²) < 4.78 is 4.00. The summed E-state index contributed by atoms with van der Waals surface area (Å²) in [5, 5.41) is 19.5. The molecule has 0 aliphatic heterocycles. The molecule has 6 aromatic rings. The molecule has 6 rings (SSSR count). The highest BCUT2D eigenvalue weighted by Crippen LogP contribution is 2.30. The van der Waals surface area contributed by atoms with Crippen molar-refractivity contribution in [3.8, 4) is 5.69 Å². The van der Waals surface area contributed by atoms with Gasteiger partial charge in [-0.25, -0.2) is 9.97 Å². The number of fused-ring (bicyclic) bond motifs is 4. The van der Waals surface area contributed by atoms with Gasteiger partial charge in [0, 0.05) is 11.1 Å². The summed E-state index contributed by atoms with van der Waals surface area (Å²) in [4.78, 5) is 21.0. The van der Waals surface area contributed by atoms with E-state index in [0.717, 1.165) is 50.5 Å². The molecule has 9 heteroatoms. The van der Waals surface area contributed by atoms with Gasteiger partial charge >= 0.3 is 5.97 Å². The third-order valence-electron chi connectivity index (χ3n) is 5.60. The highest BCUT2D eigenvalue weighted by Gasteiger charge is 2.20. The molecule has 34 heavy (non-hydrogen) atoms. The van der Waals surface area contributed by atoms with Crippen LogP contribution in [0.2, 0.25) is 0 Å². The van der Waals surface area contributed by atoms with E-state index >= 15 is 0 Å². The first-order valence-corrected chi connectivity index (χ1v) is 11.7. The molecule has 0 saturated heterocycles. The van der Waals surface area contributed by atoms with Crippen molar-refractivity contribution >= 4 is 50.8 Å². The van der Waals surface area contributed by atoms with Gasteiger partial charge in [0.05, 0.1) is 28.8 Å². The zero-order chi connectivity index (χ0) is 23.1. The van der Waals surface area contributed by atoms with Crippen LogP contribution in [0, 0.1) is 0 Å². The third-order valence-corrected chi connectivity index (χ3v) is 6.51. The Balaban J connectivity index is 1.55. The molecule has 0 aliphatic rings. The van der Waals surface area contributed by atoms with E-state index in [9.17, 15) is 9.90 Å². The number of carboxylic acid groups (broad SMARTS) is 1. The van der Waals surface area contributed by atoms with E-state index in [1.807, 2.05) is 83.4 Å². The minimum atomic E-state index is -0.904. The fourth-order valence-corrected chi connectivity index (χ4v) is 4.83. The molecule has 166 valence electrons. The maximum absolute atomic E-state index is 11.2. The van der Waals surface area contributed by atoms with E-state index in [4.69, 9.17) is 9.97 Å². The van der Waals surface area contributed by atoms with Crippen LogP contribution < -0.4 is 0 Å². The van der Waals surface area contributed by atoms with E-state index in [2.05, 4.69) is 14.8 Å². The molecule has 0 aliphatic carbocycles. The lowest BCUT2D eigenvalue weighted by atomic mass is 10.2. The number of hydrogen-bond donors (Lipinski definition) is 1. The number of rotatable bonds is 6. The fourth-order valence-electron chi connectivity index (χ4n) is 4.14. The van der Waals surface area contributed by atoms with Gasteiger partial charge in [-0.3, -0.25) is 9.36 Å². The van der Waals surface area contributed by atoms with Crippen molar-refractivity contribution < 1.29 is 9.90 Å². The lowest BCUT2D eigenvalue weighted by molar-refractivity contribution is -0.133. The zero-order valence-corrected chi connectivity index (χ0v) is 18.7. The normalized spacial score (nSPS) is 11.5. The van der Waals surface area contributed by atoms with Crippen LogP contribution in [0.4, 0.5) is 0 Å². The lowest BCUT2D eigenvalue weighted by Gasteiger charge is -2.11. The van der Waals surface area contributed by atoms with Crippen LogP contribution in [0.25, 0.3) is 38.8 Å². The second-order valence-electron chi connectivity index (χ2n) is 7.74. The Kier molecular flexibility index (Phi) is 4.96. The summed E-state index contributed by atoms with van der Waals surface area (Å²) in [5.74, 6) is -0.326. The first-order chi connectivity index (χ1) is 16.7. The van der Waals surface area contributed by atoms with Gasteiger partial charge in [-0.05, 0) is 30.3 Å². The predicted molar refractivity (Wildman–Crippen MR) is 131 cm³/mol. The molecule has 0 saturated carbocycles. The van der Waals surface area contributed by atoms with E-state index in [-0.39, 0.29) is 5.75 Å². The summed E-state index contributed by atoms with van der Waals surface area (Å²) in [6.07, 6.45) is 0. The molecule has 0 spiro atoms. The Morgan fingerprint density at radius 3 is 2.35 bits per heavy atom. The summed E-state index contributed by atoms with van der Waals surface area (Å²) in [6, 6.07) is 25.6. The zero-order valence-electron chi connectivity index (χ0n) is 17.9. The molecule has 0 radical (unpaired) electrons. The molecule has 8 nitrogen and oxygen atoms in total.